The van der Waals surface area contributed by atoms with Gasteiger partial charge < -0.3 is 5.11 Å². The normalized spacial score (nSPS) is 23.2. The van der Waals surface area contributed by atoms with Crippen LogP contribution in [0.3, 0.4) is 0 Å². The summed E-state index contributed by atoms with van der Waals surface area (Å²) in [5.41, 5.74) is 0. The first kappa shape index (κ1) is 9.97. The van der Waals surface area contributed by atoms with E-state index in [1.165, 1.54) is 38.5 Å². The molecule has 0 aromatic rings. The largest absolute Gasteiger partial charge is 0.480 e. The quantitative estimate of drug-likeness (QED) is 0.729. The fourth-order valence-corrected chi connectivity index (χ4v) is 2.42. The third-order valence-electron chi connectivity index (χ3n) is 3.37. The second kappa shape index (κ2) is 4.30. The van der Waals surface area contributed by atoms with Crippen molar-refractivity contribution in [1.82, 2.24) is 4.90 Å². The smallest absolute Gasteiger partial charge is 0.317 e. The summed E-state index contributed by atoms with van der Waals surface area (Å²) < 4.78 is 0. The predicted molar refractivity (Wildman–Crippen MR) is 54.2 cm³/mol. The van der Waals surface area contributed by atoms with Crippen molar-refractivity contribution in [2.45, 2.75) is 44.6 Å². The molecule has 0 saturated heterocycles. The van der Waals surface area contributed by atoms with Gasteiger partial charge in [0.1, 0.15) is 0 Å². The van der Waals surface area contributed by atoms with Gasteiger partial charge >= 0.3 is 5.97 Å². The van der Waals surface area contributed by atoms with Gasteiger partial charge in [-0.2, -0.15) is 0 Å². The third kappa shape index (κ3) is 2.71. The first-order chi connectivity index (χ1) is 6.75. The molecule has 0 radical (unpaired) electrons. The van der Waals surface area contributed by atoms with Crippen molar-refractivity contribution in [2.24, 2.45) is 5.92 Å². The lowest BCUT2D eigenvalue weighted by Crippen LogP contribution is -2.38. The molecule has 0 atom stereocenters. The van der Waals surface area contributed by atoms with Crippen LogP contribution < -0.4 is 0 Å². The molecule has 0 bridgehead atoms. The Balaban J connectivity index is 1.85. The third-order valence-corrected chi connectivity index (χ3v) is 3.37. The van der Waals surface area contributed by atoms with E-state index in [1.54, 1.807) is 0 Å². The van der Waals surface area contributed by atoms with Crippen LogP contribution in [0.1, 0.15) is 38.5 Å². The first-order valence-corrected chi connectivity index (χ1v) is 5.71. The molecule has 2 rings (SSSR count). The zero-order chi connectivity index (χ0) is 9.97. The highest BCUT2D eigenvalue weighted by molar-refractivity contribution is 5.69. The average Bonchev–Trinajstić information content (AvgIpc) is 2.79. The van der Waals surface area contributed by atoms with Gasteiger partial charge in [0.2, 0.25) is 0 Å². The Kier molecular flexibility index (Phi) is 3.06. The molecule has 0 unspecified atom stereocenters. The van der Waals surface area contributed by atoms with Crippen molar-refractivity contribution in [2.75, 3.05) is 13.1 Å². The number of carboxylic acids is 1. The molecule has 0 heterocycles. The molecule has 80 valence electrons. The number of rotatable bonds is 5. The number of carboxylic acid groups (broad SMARTS) is 1. The van der Waals surface area contributed by atoms with E-state index in [4.69, 9.17) is 5.11 Å². The highest BCUT2D eigenvalue weighted by Gasteiger charge is 2.30. The van der Waals surface area contributed by atoms with Crippen molar-refractivity contribution in [3.8, 4) is 0 Å². The van der Waals surface area contributed by atoms with Crippen LogP contribution in [0.5, 0.6) is 0 Å². The van der Waals surface area contributed by atoms with Crippen molar-refractivity contribution in [3.63, 3.8) is 0 Å². The second-order valence-electron chi connectivity index (χ2n) is 4.70. The van der Waals surface area contributed by atoms with Gasteiger partial charge in [-0.05, 0) is 31.6 Å². The molecule has 0 aromatic heterocycles. The Hall–Kier alpha value is -0.570. The molecule has 0 aromatic carbocycles. The van der Waals surface area contributed by atoms with Crippen molar-refractivity contribution in [1.29, 1.82) is 0 Å². The predicted octanol–water partition coefficient (Wildman–Crippen LogP) is 1.73. The standard InChI is InChI=1S/C11H19NO2/c13-11(14)8-12(7-9-5-6-9)10-3-1-2-4-10/h9-10H,1-8H2,(H,13,14). The summed E-state index contributed by atoms with van der Waals surface area (Å²) >= 11 is 0. The van der Waals surface area contributed by atoms with E-state index in [-0.39, 0.29) is 6.54 Å². The van der Waals surface area contributed by atoms with Gasteiger partial charge in [0.15, 0.2) is 0 Å². The topological polar surface area (TPSA) is 40.5 Å². The van der Waals surface area contributed by atoms with Gasteiger partial charge in [-0.25, -0.2) is 0 Å². The minimum Gasteiger partial charge on any atom is -0.480 e. The fourth-order valence-electron chi connectivity index (χ4n) is 2.42. The van der Waals surface area contributed by atoms with Gasteiger partial charge in [-0.1, -0.05) is 12.8 Å². The number of hydrogen-bond donors (Lipinski definition) is 1. The molecular formula is C11H19NO2. The molecule has 3 nitrogen and oxygen atoms in total. The number of aliphatic carboxylic acids is 1. The Morgan fingerprint density at radius 2 is 1.86 bits per heavy atom. The van der Waals surface area contributed by atoms with Gasteiger partial charge in [-0.3, -0.25) is 9.69 Å². The minimum atomic E-state index is -0.669. The molecule has 2 aliphatic carbocycles. The maximum atomic E-state index is 10.7. The summed E-state index contributed by atoms with van der Waals surface area (Å²) in [6.07, 6.45) is 7.60. The van der Waals surface area contributed by atoms with Crippen LogP contribution in [0.15, 0.2) is 0 Å². The summed E-state index contributed by atoms with van der Waals surface area (Å²) in [5.74, 6) is 0.132. The SMILES string of the molecule is O=C(O)CN(CC1CC1)C1CCCC1. The minimum absolute atomic E-state index is 0.251. The highest BCUT2D eigenvalue weighted by Crippen LogP contribution is 2.32. The molecule has 2 fully saturated rings. The molecule has 2 aliphatic rings. The lowest BCUT2D eigenvalue weighted by Gasteiger charge is -2.26. The average molecular weight is 197 g/mol. The summed E-state index contributed by atoms with van der Waals surface area (Å²) in [7, 11) is 0. The molecule has 1 N–H and O–H groups in total. The van der Waals surface area contributed by atoms with E-state index in [0.29, 0.717) is 6.04 Å². The van der Waals surface area contributed by atoms with Crippen LogP contribution in [0, 0.1) is 5.92 Å². The van der Waals surface area contributed by atoms with Gasteiger partial charge in [-0.15, -0.1) is 0 Å². The lowest BCUT2D eigenvalue weighted by atomic mass is 10.2. The Bertz CT molecular complexity index is 207. The highest BCUT2D eigenvalue weighted by atomic mass is 16.4. The molecule has 0 aliphatic heterocycles. The zero-order valence-corrected chi connectivity index (χ0v) is 8.61. The maximum absolute atomic E-state index is 10.7. The summed E-state index contributed by atoms with van der Waals surface area (Å²) in [5, 5.41) is 8.84. The van der Waals surface area contributed by atoms with E-state index in [1.807, 2.05) is 0 Å². The fraction of sp³-hybridized carbons (Fsp3) is 0.909. The molecule has 0 spiro atoms. The van der Waals surface area contributed by atoms with E-state index in [9.17, 15) is 4.79 Å². The number of carbonyl (C=O) groups is 1. The van der Waals surface area contributed by atoms with Crippen LogP contribution in [-0.4, -0.2) is 35.1 Å². The zero-order valence-electron chi connectivity index (χ0n) is 8.61. The summed E-state index contributed by atoms with van der Waals surface area (Å²) in [4.78, 5) is 12.9. The lowest BCUT2D eigenvalue weighted by molar-refractivity contribution is -0.139. The second-order valence-corrected chi connectivity index (χ2v) is 4.70. The van der Waals surface area contributed by atoms with Crippen LogP contribution in [0.4, 0.5) is 0 Å². The van der Waals surface area contributed by atoms with E-state index in [2.05, 4.69) is 4.90 Å². The van der Waals surface area contributed by atoms with Crippen LogP contribution in [0.2, 0.25) is 0 Å². The Morgan fingerprint density at radius 3 is 2.36 bits per heavy atom. The number of nitrogens with zero attached hydrogens (tertiary/aromatic N) is 1. The van der Waals surface area contributed by atoms with Crippen LogP contribution in [0.25, 0.3) is 0 Å². The van der Waals surface area contributed by atoms with Gasteiger partial charge in [0.25, 0.3) is 0 Å². The van der Waals surface area contributed by atoms with Crippen LogP contribution >= 0.6 is 0 Å². The maximum Gasteiger partial charge on any atom is 0.317 e. The molecular weight excluding hydrogens is 178 g/mol. The van der Waals surface area contributed by atoms with Crippen LogP contribution in [-0.2, 0) is 4.79 Å². The van der Waals surface area contributed by atoms with E-state index < -0.39 is 5.97 Å². The van der Waals surface area contributed by atoms with Crippen molar-refractivity contribution in [3.05, 3.63) is 0 Å². The Morgan fingerprint density at radius 1 is 1.21 bits per heavy atom. The summed E-state index contributed by atoms with van der Waals surface area (Å²) in [6, 6.07) is 0.562. The molecule has 2 saturated carbocycles. The molecule has 14 heavy (non-hydrogen) atoms. The van der Waals surface area contributed by atoms with Crippen molar-refractivity contribution >= 4 is 5.97 Å². The van der Waals surface area contributed by atoms with E-state index >= 15 is 0 Å². The van der Waals surface area contributed by atoms with Crippen molar-refractivity contribution < 1.29 is 9.90 Å². The Labute approximate surface area is 85.1 Å². The summed E-state index contributed by atoms with van der Waals surface area (Å²) in [6.45, 7) is 1.28. The molecule has 0 amide bonds. The monoisotopic (exact) mass is 197 g/mol. The van der Waals surface area contributed by atoms with Gasteiger partial charge in [0, 0.05) is 12.6 Å². The van der Waals surface area contributed by atoms with Gasteiger partial charge in [0.05, 0.1) is 6.54 Å². The first-order valence-electron chi connectivity index (χ1n) is 5.71. The number of hydrogen-bond acceptors (Lipinski definition) is 2. The molecule has 3 heteroatoms. The van der Waals surface area contributed by atoms with E-state index in [0.717, 1.165) is 12.5 Å².